The number of hydrogen-bond acceptors (Lipinski definition) is 6. The Morgan fingerprint density at radius 2 is 2.00 bits per heavy atom. The molecular weight excluding hydrogens is 350 g/mol. The van der Waals surface area contributed by atoms with Gasteiger partial charge in [0.25, 0.3) is 0 Å². The number of anilines is 1. The van der Waals surface area contributed by atoms with Crippen LogP contribution >= 0.6 is 12.2 Å². The third-order valence-electron chi connectivity index (χ3n) is 3.66. The summed E-state index contributed by atoms with van der Waals surface area (Å²) in [4.78, 5) is 4.53. The van der Waals surface area contributed by atoms with E-state index in [4.69, 9.17) is 21.7 Å². The normalized spacial score (nSPS) is 10.2. The van der Waals surface area contributed by atoms with Crippen LogP contribution in [0, 0.1) is 11.3 Å². The molecule has 26 heavy (non-hydrogen) atoms. The van der Waals surface area contributed by atoms with E-state index in [9.17, 15) is 5.26 Å². The van der Waals surface area contributed by atoms with Crippen LogP contribution in [0.15, 0.2) is 24.3 Å². The van der Waals surface area contributed by atoms with Gasteiger partial charge >= 0.3 is 0 Å². The summed E-state index contributed by atoms with van der Waals surface area (Å²) < 4.78 is 10.2. The summed E-state index contributed by atoms with van der Waals surface area (Å²) >= 11 is 5.20. The maximum atomic E-state index is 9.37. The Morgan fingerprint density at radius 1 is 1.19 bits per heavy atom. The second kappa shape index (κ2) is 10.4. The van der Waals surface area contributed by atoms with Crippen LogP contribution in [0.2, 0.25) is 0 Å². The van der Waals surface area contributed by atoms with Crippen LogP contribution in [0.3, 0.4) is 0 Å². The number of benzene rings is 1. The first kappa shape index (κ1) is 19.7. The number of hydrogen-bond donors (Lipinski definition) is 3. The van der Waals surface area contributed by atoms with Gasteiger partial charge in [-0.15, -0.1) is 0 Å². The van der Waals surface area contributed by atoms with Crippen molar-refractivity contribution in [2.45, 2.75) is 6.42 Å². The van der Waals surface area contributed by atoms with Crippen LogP contribution < -0.4 is 20.7 Å². The summed E-state index contributed by atoms with van der Waals surface area (Å²) in [6, 6.07) is 9.57. The lowest BCUT2D eigenvalue weighted by Crippen LogP contribution is -2.38. The molecule has 8 heteroatoms. The predicted octanol–water partition coefficient (Wildman–Crippen LogP) is 2.03. The third kappa shape index (κ3) is 5.72. The van der Waals surface area contributed by atoms with Gasteiger partial charge in [-0.1, -0.05) is 0 Å². The van der Waals surface area contributed by atoms with E-state index in [1.807, 2.05) is 24.3 Å². The molecule has 0 spiro atoms. The molecule has 138 valence electrons. The van der Waals surface area contributed by atoms with Gasteiger partial charge in [-0.25, -0.2) is 4.98 Å². The molecule has 0 amide bonds. The minimum absolute atomic E-state index is 0.492. The van der Waals surface area contributed by atoms with Gasteiger partial charge in [-0.2, -0.15) is 5.26 Å². The van der Waals surface area contributed by atoms with Gasteiger partial charge in [0.2, 0.25) is 0 Å². The van der Waals surface area contributed by atoms with Crippen LogP contribution in [0.1, 0.15) is 12.0 Å². The second-order valence-electron chi connectivity index (χ2n) is 5.51. The molecular formula is C18H23N5O2S. The lowest BCUT2D eigenvalue weighted by molar-refractivity contribution is 0.195. The van der Waals surface area contributed by atoms with Crippen LogP contribution in [-0.2, 0) is 4.74 Å². The molecule has 1 heterocycles. The summed E-state index contributed by atoms with van der Waals surface area (Å²) in [7, 11) is 3.29. The summed E-state index contributed by atoms with van der Waals surface area (Å²) in [5.41, 5.74) is 1.29. The van der Waals surface area contributed by atoms with Crippen LogP contribution in [0.4, 0.5) is 5.82 Å². The first-order valence-corrected chi connectivity index (χ1v) is 8.72. The van der Waals surface area contributed by atoms with Crippen LogP contribution in [-0.4, -0.2) is 50.6 Å². The number of fused-ring (bicyclic) bond motifs is 1. The Kier molecular flexibility index (Phi) is 7.86. The SMILES string of the molecule is COCCCNC(=S)NCCNc1nc2ccc(OC)cc2cc1C#N. The van der Waals surface area contributed by atoms with Gasteiger partial charge in [0.05, 0.1) is 18.2 Å². The van der Waals surface area contributed by atoms with Crippen molar-refractivity contribution in [2.24, 2.45) is 0 Å². The minimum Gasteiger partial charge on any atom is -0.497 e. The Morgan fingerprint density at radius 3 is 2.73 bits per heavy atom. The zero-order valence-electron chi connectivity index (χ0n) is 15.0. The van der Waals surface area contributed by atoms with Crippen molar-refractivity contribution in [3.63, 3.8) is 0 Å². The molecule has 0 unspecified atom stereocenters. The van der Waals surface area contributed by atoms with Gasteiger partial charge in [0.1, 0.15) is 17.6 Å². The highest BCUT2D eigenvalue weighted by molar-refractivity contribution is 7.80. The van der Waals surface area contributed by atoms with Gasteiger partial charge in [0.15, 0.2) is 5.11 Å². The van der Waals surface area contributed by atoms with Crippen molar-refractivity contribution in [1.29, 1.82) is 5.26 Å². The molecule has 1 aromatic carbocycles. The molecule has 0 bridgehead atoms. The quantitative estimate of drug-likeness (QED) is 0.454. The maximum absolute atomic E-state index is 9.37. The van der Waals surface area contributed by atoms with E-state index in [0.717, 1.165) is 29.6 Å². The molecule has 0 aliphatic rings. The van der Waals surface area contributed by atoms with Gasteiger partial charge in [-0.05, 0) is 42.9 Å². The summed E-state index contributed by atoms with van der Waals surface area (Å²) in [6.07, 6.45) is 0.897. The Labute approximate surface area is 158 Å². The fraction of sp³-hybridized carbons (Fsp3) is 0.389. The number of nitrogens with one attached hydrogen (secondary N) is 3. The first-order chi connectivity index (χ1) is 12.7. The molecule has 0 fully saturated rings. The van der Waals surface area contributed by atoms with Crippen molar-refractivity contribution in [3.05, 3.63) is 29.8 Å². The average Bonchev–Trinajstić information content (AvgIpc) is 2.67. The zero-order chi connectivity index (χ0) is 18.8. The minimum atomic E-state index is 0.492. The van der Waals surface area contributed by atoms with Crippen molar-refractivity contribution in [2.75, 3.05) is 45.8 Å². The van der Waals surface area contributed by atoms with Crippen molar-refractivity contribution in [3.8, 4) is 11.8 Å². The van der Waals surface area contributed by atoms with Crippen LogP contribution in [0.5, 0.6) is 5.75 Å². The van der Waals surface area contributed by atoms with Gasteiger partial charge in [-0.3, -0.25) is 0 Å². The van der Waals surface area contributed by atoms with Gasteiger partial charge in [0, 0.05) is 38.7 Å². The fourth-order valence-corrected chi connectivity index (χ4v) is 2.54. The van der Waals surface area contributed by atoms with E-state index in [1.165, 1.54) is 0 Å². The van der Waals surface area contributed by atoms with E-state index in [2.05, 4.69) is 27.0 Å². The Hall–Kier alpha value is -2.63. The molecule has 3 N–H and O–H groups in total. The van der Waals surface area contributed by atoms with E-state index in [-0.39, 0.29) is 0 Å². The summed E-state index contributed by atoms with van der Waals surface area (Å²) in [6.45, 7) is 2.67. The second-order valence-corrected chi connectivity index (χ2v) is 5.92. The number of nitrogens with zero attached hydrogens (tertiary/aromatic N) is 2. The zero-order valence-corrected chi connectivity index (χ0v) is 15.8. The fourth-order valence-electron chi connectivity index (χ4n) is 2.34. The maximum Gasteiger partial charge on any atom is 0.166 e. The van der Waals surface area contributed by atoms with E-state index < -0.39 is 0 Å². The third-order valence-corrected chi connectivity index (χ3v) is 3.94. The monoisotopic (exact) mass is 373 g/mol. The lowest BCUT2D eigenvalue weighted by Gasteiger charge is -2.12. The van der Waals surface area contributed by atoms with E-state index >= 15 is 0 Å². The number of thiocarbonyl (C=S) groups is 1. The number of pyridine rings is 1. The standard InChI is InChI=1S/C18H23N5O2S/c1-24-9-3-6-21-18(26)22-8-7-20-17-14(12-19)10-13-11-15(25-2)4-5-16(13)23-17/h4-5,10-11H,3,6-9H2,1-2H3,(H,20,23)(H2,21,22,26). The molecule has 2 aromatic rings. The number of aromatic nitrogens is 1. The smallest absolute Gasteiger partial charge is 0.166 e. The number of rotatable bonds is 9. The van der Waals surface area contributed by atoms with Crippen molar-refractivity contribution < 1.29 is 9.47 Å². The number of methoxy groups -OCH3 is 2. The molecule has 0 aliphatic heterocycles. The highest BCUT2D eigenvalue weighted by atomic mass is 32.1. The highest BCUT2D eigenvalue weighted by Gasteiger charge is 2.07. The lowest BCUT2D eigenvalue weighted by atomic mass is 10.1. The molecule has 0 saturated carbocycles. The first-order valence-electron chi connectivity index (χ1n) is 8.31. The predicted molar refractivity (Wildman–Crippen MR) is 107 cm³/mol. The van der Waals surface area contributed by atoms with Crippen molar-refractivity contribution in [1.82, 2.24) is 15.6 Å². The van der Waals surface area contributed by atoms with E-state index in [0.29, 0.717) is 36.2 Å². The molecule has 0 aliphatic carbocycles. The molecule has 1 aromatic heterocycles. The average molecular weight is 373 g/mol. The molecule has 2 rings (SSSR count). The molecule has 0 atom stereocenters. The van der Waals surface area contributed by atoms with Gasteiger partial charge < -0.3 is 25.4 Å². The molecule has 0 radical (unpaired) electrons. The Bertz CT molecular complexity index is 791. The van der Waals surface area contributed by atoms with Crippen molar-refractivity contribution >= 4 is 34.1 Å². The highest BCUT2D eigenvalue weighted by Crippen LogP contribution is 2.23. The summed E-state index contributed by atoms with van der Waals surface area (Å²) in [5.74, 6) is 1.30. The number of ether oxygens (including phenoxy) is 2. The largest absolute Gasteiger partial charge is 0.497 e. The Balaban J connectivity index is 1.88. The molecule has 7 nitrogen and oxygen atoms in total. The van der Waals surface area contributed by atoms with Crippen LogP contribution in [0.25, 0.3) is 10.9 Å². The van der Waals surface area contributed by atoms with E-state index in [1.54, 1.807) is 14.2 Å². The topological polar surface area (TPSA) is 91.2 Å². The summed E-state index contributed by atoms with van der Waals surface area (Å²) in [5, 5.41) is 20.2. The molecule has 0 saturated heterocycles. The number of nitriles is 1.